The first-order chi connectivity index (χ1) is 2.00. The van der Waals surface area contributed by atoms with E-state index in [1.54, 1.807) is 0 Å². The molecule has 0 atom stereocenters. The van der Waals surface area contributed by atoms with Crippen molar-refractivity contribution in [3.05, 3.63) is 0 Å². The molecule has 6 heavy (non-hydrogen) atoms. The van der Waals surface area contributed by atoms with Gasteiger partial charge in [-0.05, 0) is 0 Å². The van der Waals surface area contributed by atoms with Crippen LogP contribution in [0.25, 0.3) is 0 Å². The predicted molar refractivity (Wildman–Crippen MR) is 14.2 cm³/mol. The maximum absolute atomic E-state index is 8.74. The molecular formula is H2GdO4S. The van der Waals surface area contributed by atoms with Crippen LogP contribution in [0.2, 0.25) is 0 Å². The van der Waals surface area contributed by atoms with Crippen LogP contribution >= 0.6 is 0 Å². The van der Waals surface area contributed by atoms with Gasteiger partial charge in [0.25, 0.3) is 0 Å². The third kappa shape index (κ3) is 64.0. The quantitative estimate of drug-likeness (QED) is 0.564. The fourth-order valence-electron chi connectivity index (χ4n) is 0. The van der Waals surface area contributed by atoms with Gasteiger partial charge in [-0.1, -0.05) is 0 Å². The SMILES string of the molecule is O=S(=O)(O)O.[Gd]. The molecule has 40 valence electrons. The number of hydrogen-bond acceptors (Lipinski definition) is 2. The summed E-state index contributed by atoms with van der Waals surface area (Å²) in [6.45, 7) is 0. The molecule has 6 heteroatoms. The normalized spacial score (nSPS) is 9.67. The van der Waals surface area contributed by atoms with Crippen molar-refractivity contribution in [1.29, 1.82) is 0 Å². The average Bonchev–Trinajstić information content (AvgIpc) is 0.722. The van der Waals surface area contributed by atoms with Crippen LogP contribution in [0.5, 0.6) is 0 Å². The minimum absolute atomic E-state index is 0. The van der Waals surface area contributed by atoms with Crippen molar-refractivity contribution in [2.45, 2.75) is 0 Å². The Kier molecular flexibility index (Phi) is 5.51. The first-order valence-electron chi connectivity index (χ1n) is 0.698. The zero-order chi connectivity index (χ0) is 4.50. The molecule has 0 heterocycles. The Balaban J connectivity index is 0. The first-order valence-corrected chi connectivity index (χ1v) is 2.10. The van der Waals surface area contributed by atoms with Gasteiger partial charge in [0.05, 0.1) is 0 Å². The van der Waals surface area contributed by atoms with Gasteiger partial charge in [-0.15, -0.1) is 0 Å². The van der Waals surface area contributed by atoms with Gasteiger partial charge in [-0.2, -0.15) is 8.42 Å². The second-order valence-electron chi connectivity index (χ2n) is 0.448. The van der Waals surface area contributed by atoms with Crippen LogP contribution in [-0.2, 0) is 10.4 Å². The van der Waals surface area contributed by atoms with Crippen LogP contribution in [0.1, 0.15) is 0 Å². The molecular weight excluding hydrogens is 253 g/mol. The largest absolute Gasteiger partial charge is 0.394 e. The van der Waals surface area contributed by atoms with Crippen molar-refractivity contribution in [2.75, 3.05) is 0 Å². The molecule has 0 aromatic carbocycles. The molecule has 0 unspecified atom stereocenters. The Hall–Kier alpha value is 1.19. The van der Waals surface area contributed by atoms with Gasteiger partial charge in [-0.3, -0.25) is 9.11 Å². The molecule has 0 aliphatic rings. The van der Waals surface area contributed by atoms with E-state index in [1.165, 1.54) is 0 Å². The maximum atomic E-state index is 8.74. The van der Waals surface area contributed by atoms with Crippen molar-refractivity contribution in [1.82, 2.24) is 0 Å². The van der Waals surface area contributed by atoms with Crippen molar-refractivity contribution in [3.8, 4) is 0 Å². The zero-order valence-corrected chi connectivity index (χ0v) is 5.56. The summed E-state index contributed by atoms with van der Waals surface area (Å²) in [4.78, 5) is 0. The van der Waals surface area contributed by atoms with E-state index in [-0.39, 0.29) is 39.9 Å². The molecule has 0 bridgehead atoms. The van der Waals surface area contributed by atoms with Gasteiger partial charge in [0.15, 0.2) is 0 Å². The summed E-state index contributed by atoms with van der Waals surface area (Å²) < 4.78 is 31.6. The van der Waals surface area contributed by atoms with Crippen molar-refractivity contribution >= 4 is 10.4 Å². The molecule has 0 aliphatic heterocycles. The van der Waals surface area contributed by atoms with E-state index in [0.29, 0.717) is 0 Å². The molecule has 0 spiro atoms. The summed E-state index contributed by atoms with van der Waals surface area (Å²) in [6, 6.07) is 0. The summed E-state index contributed by atoms with van der Waals surface area (Å²) in [7, 11) is -4.67. The number of hydrogen-bond donors (Lipinski definition) is 2. The van der Waals surface area contributed by atoms with E-state index in [2.05, 4.69) is 0 Å². The van der Waals surface area contributed by atoms with Gasteiger partial charge < -0.3 is 0 Å². The van der Waals surface area contributed by atoms with Gasteiger partial charge in [0, 0.05) is 39.9 Å². The molecule has 0 radical (unpaired) electrons. The Bertz CT molecular complexity index is 90.7. The van der Waals surface area contributed by atoms with Gasteiger partial charge in [0.1, 0.15) is 0 Å². The van der Waals surface area contributed by atoms with Crippen molar-refractivity contribution < 1.29 is 57.5 Å². The fraction of sp³-hybridized carbons (Fsp3) is 0. The van der Waals surface area contributed by atoms with Gasteiger partial charge in [-0.25, -0.2) is 0 Å². The van der Waals surface area contributed by atoms with Gasteiger partial charge in [0.2, 0.25) is 0 Å². The van der Waals surface area contributed by atoms with Crippen LogP contribution in [0.15, 0.2) is 0 Å². The first kappa shape index (κ1) is 10.2. The Morgan fingerprint density at radius 2 is 1.17 bits per heavy atom. The summed E-state index contributed by atoms with van der Waals surface area (Å²) >= 11 is 0. The second kappa shape index (κ2) is 3.23. The third-order valence-electron chi connectivity index (χ3n) is 0. The molecule has 0 aromatic heterocycles. The zero-order valence-electron chi connectivity index (χ0n) is 2.47. The summed E-state index contributed by atoms with van der Waals surface area (Å²) in [6.07, 6.45) is 0. The third-order valence-corrected chi connectivity index (χ3v) is 0. The van der Waals surface area contributed by atoms with E-state index in [0.717, 1.165) is 0 Å². The van der Waals surface area contributed by atoms with E-state index < -0.39 is 10.4 Å². The van der Waals surface area contributed by atoms with Gasteiger partial charge >= 0.3 is 10.4 Å². The Morgan fingerprint density at radius 1 is 1.17 bits per heavy atom. The molecule has 0 rings (SSSR count). The molecule has 2 N–H and O–H groups in total. The number of rotatable bonds is 0. The second-order valence-corrected chi connectivity index (χ2v) is 1.34. The monoisotopic (exact) mass is 256 g/mol. The fourth-order valence-corrected chi connectivity index (χ4v) is 0. The molecule has 0 aliphatic carbocycles. The maximum Gasteiger partial charge on any atom is 0.394 e. The van der Waals surface area contributed by atoms with Crippen LogP contribution in [0.3, 0.4) is 0 Å². The molecule has 0 saturated carbocycles. The minimum atomic E-state index is -4.67. The van der Waals surface area contributed by atoms with Crippen LogP contribution < -0.4 is 0 Å². The minimum Gasteiger partial charge on any atom is -0.264 e. The van der Waals surface area contributed by atoms with Crippen molar-refractivity contribution in [2.24, 2.45) is 0 Å². The molecule has 0 amide bonds. The molecule has 4 nitrogen and oxygen atoms in total. The van der Waals surface area contributed by atoms with Crippen LogP contribution in [-0.4, -0.2) is 17.5 Å². The van der Waals surface area contributed by atoms with Crippen LogP contribution in [0.4, 0.5) is 0 Å². The van der Waals surface area contributed by atoms with E-state index >= 15 is 0 Å². The van der Waals surface area contributed by atoms with E-state index in [9.17, 15) is 0 Å². The Labute approximate surface area is 67.2 Å². The molecule has 0 saturated heterocycles. The smallest absolute Gasteiger partial charge is 0.264 e. The van der Waals surface area contributed by atoms with Crippen LogP contribution in [0, 0.1) is 39.9 Å². The predicted octanol–water partition coefficient (Wildman–Crippen LogP) is -0.653. The summed E-state index contributed by atoms with van der Waals surface area (Å²) in [5.41, 5.74) is 0. The summed E-state index contributed by atoms with van der Waals surface area (Å²) in [5.74, 6) is 0. The molecule has 0 aromatic rings. The van der Waals surface area contributed by atoms with E-state index in [1.807, 2.05) is 0 Å². The topological polar surface area (TPSA) is 74.6 Å². The average molecular weight is 255 g/mol. The standard InChI is InChI=1S/Gd.H2O4S/c;1-5(2,3)4/h;(H2,1,2,3,4). The molecule has 0 fully saturated rings. The Morgan fingerprint density at radius 3 is 1.17 bits per heavy atom. The van der Waals surface area contributed by atoms with E-state index in [4.69, 9.17) is 17.5 Å². The van der Waals surface area contributed by atoms with Crippen molar-refractivity contribution in [3.63, 3.8) is 0 Å². The summed E-state index contributed by atoms with van der Waals surface area (Å²) in [5, 5.41) is 0.